The number of carbonyl (C=O) groups is 2. The fourth-order valence-corrected chi connectivity index (χ4v) is 3.85. The smallest absolute Gasteiger partial charge is 0.342 e. The quantitative estimate of drug-likeness (QED) is 0.625. The zero-order valence-electron chi connectivity index (χ0n) is 16.1. The average molecular weight is 419 g/mol. The Balaban J connectivity index is 1.62. The molecule has 0 radical (unpaired) electrons. The van der Waals surface area contributed by atoms with E-state index in [4.69, 9.17) is 9.47 Å². The molecule has 0 N–H and O–H groups in total. The topological polar surface area (TPSA) is 106 Å². The van der Waals surface area contributed by atoms with Crippen LogP contribution in [-0.2, 0) is 30.9 Å². The number of nitrogens with zero attached hydrogens (tertiary/aromatic N) is 3. The number of amidine groups is 1. The normalized spacial score (nSPS) is 17.0. The summed E-state index contributed by atoms with van der Waals surface area (Å²) < 4.78 is 37.6. The molecule has 29 heavy (non-hydrogen) atoms. The van der Waals surface area contributed by atoms with E-state index in [1.807, 2.05) is 18.2 Å². The first-order valence-corrected chi connectivity index (χ1v) is 10.4. The highest BCUT2D eigenvalue weighted by atomic mass is 32.2. The molecule has 0 atom stereocenters. The molecule has 10 heteroatoms. The van der Waals surface area contributed by atoms with Gasteiger partial charge in [0.05, 0.1) is 12.9 Å². The Morgan fingerprint density at radius 2 is 2.03 bits per heavy atom. The summed E-state index contributed by atoms with van der Waals surface area (Å²) in [6.45, 7) is -0.00100. The monoisotopic (exact) mass is 419 g/mol. The van der Waals surface area contributed by atoms with Crippen LogP contribution in [-0.4, -0.2) is 69.0 Å². The van der Waals surface area contributed by atoms with Gasteiger partial charge in [0.15, 0.2) is 12.4 Å². The third-order valence-electron chi connectivity index (χ3n) is 4.43. The lowest BCUT2D eigenvalue weighted by Crippen LogP contribution is -2.40. The van der Waals surface area contributed by atoms with E-state index >= 15 is 0 Å². The number of methoxy groups -OCH3 is 1. The molecule has 3 rings (SSSR count). The molecule has 0 saturated carbocycles. The third-order valence-corrected chi connectivity index (χ3v) is 5.58. The second-order valence-corrected chi connectivity index (χ2v) is 8.21. The summed E-state index contributed by atoms with van der Waals surface area (Å²) >= 11 is 0. The van der Waals surface area contributed by atoms with Gasteiger partial charge in [0, 0.05) is 31.9 Å². The van der Waals surface area contributed by atoms with Gasteiger partial charge in [0.25, 0.3) is 15.9 Å². The van der Waals surface area contributed by atoms with Crippen molar-refractivity contribution in [3.63, 3.8) is 0 Å². The van der Waals surface area contributed by atoms with E-state index in [2.05, 4.69) is 4.40 Å². The molecule has 0 unspecified atom stereocenters. The number of fused-ring (bicyclic) bond motifs is 1. The van der Waals surface area contributed by atoms with Crippen molar-refractivity contribution in [2.24, 2.45) is 4.40 Å². The van der Waals surface area contributed by atoms with Gasteiger partial charge in [0.1, 0.15) is 11.3 Å². The van der Waals surface area contributed by atoms with Gasteiger partial charge in [-0.3, -0.25) is 4.79 Å². The van der Waals surface area contributed by atoms with Crippen LogP contribution in [0, 0.1) is 0 Å². The Morgan fingerprint density at radius 3 is 2.79 bits per heavy atom. The second kappa shape index (κ2) is 8.48. The maximum absolute atomic E-state index is 12.4. The molecule has 9 nitrogen and oxygen atoms in total. The van der Waals surface area contributed by atoms with Crippen LogP contribution in [0.3, 0.4) is 0 Å². The highest BCUT2D eigenvalue weighted by molar-refractivity contribution is 7.90. The van der Waals surface area contributed by atoms with Gasteiger partial charge in [-0.1, -0.05) is 18.2 Å². The number of sulfonamides is 1. The van der Waals surface area contributed by atoms with E-state index in [1.165, 1.54) is 11.0 Å². The Labute approximate surface area is 169 Å². The molecular weight excluding hydrogens is 398 g/mol. The van der Waals surface area contributed by atoms with Crippen molar-refractivity contribution >= 4 is 27.7 Å². The Hall–Kier alpha value is -3.14. The van der Waals surface area contributed by atoms with Crippen LogP contribution in [0.4, 0.5) is 0 Å². The molecule has 1 aromatic carbocycles. The third kappa shape index (κ3) is 4.83. The van der Waals surface area contributed by atoms with Gasteiger partial charge in [-0.05, 0) is 18.2 Å². The predicted octanol–water partition coefficient (Wildman–Crippen LogP) is 0.694. The summed E-state index contributed by atoms with van der Waals surface area (Å²) in [6.07, 6.45) is 4.65. The molecular formula is C19H21N3O6S. The minimum atomic E-state index is -3.63. The molecule has 0 bridgehead atoms. The second-order valence-electron chi connectivity index (χ2n) is 6.45. The van der Waals surface area contributed by atoms with Crippen molar-refractivity contribution in [1.82, 2.24) is 9.80 Å². The van der Waals surface area contributed by atoms with E-state index in [0.717, 1.165) is 5.56 Å². The van der Waals surface area contributed by atoms with Crippen LogP contribution < -0.4 is 4.74 Å². The molecule has 0 spiro atoms. The first kappa shape index (κ1) is 20.6. The van der Waals surface area contributed by atoms with Crippen LogP contribution in [0.25, 0.3) is 0 Å². The first-order valence-electron chi connectivity index (χ1n) is 8.82. The summed E-state index contributed by atoms with van der Waals surface area (Å²) in [4.78, 5) is 27.8. The highest BCUT2D eigenvalue weighted by Gasteiger charge is 2.31. The molecule has 1 amide bonds. The van der Waals surface area contributed by atoms with Crippen LogP contribution in [0.1, 0.15) is 5.56 Å². The molecule has 2 aliphatic heterocycles. The predicted molar refractivity (Wildman–Crippen MR) is 106 cm³/mol. The molecule has 2 aliphatic rings. The van der Waals surface area contributed by atoms with E-state index in [0.29, 0.717) is 5.75 Å². The van der Waals surface area contributed by atoms with Gasteiger partial charge in [-0.25, -0.2) is 13.2 Å². The standard InChI is InChI=1S/C19H21N3O6S/c1-21(12-14-6-3-4-8-16(14)27-2)17(23)13-28-19(24)15-7-5-9-22-10-11-29(25,26)20-18(15)22/h3-9H,10-13H2,1-2H3. The fourth-order valence-electron chi connectivity index (χ4n) is 2.87. The van der Waals surface area contributed by atoms with Gasteiger partial charge in [-0.15, -0.1) is 4.40 Å². The first-order chi connectivity index (χ1) is 13.8. The summed E-state index contributed by atoms with van der Waals surface area (Å²) in [5, 5.41) is 0. The molecule has 2 heterocycles. The minimum absolute atomic E-state index is 0.00374. The van der Waals surface area contributed by atoms with Crippen molar-refractivity contribution in [3.8, 4) is 5.75 Å². The zero-order valence-corrected chi connectivity index (χ0v) is 16.9. The molecule has 1 aromatic rings. The number of para-hydroxylation sites is 1. The number of benzene rings is 1. The molecule has 0 saturated heterocycles. The number of likely N-dealkylation sites (N-methyl/N-ethyl adjacent to an activating group) is 1. The summed E-state index contributed by atoms with van der Waals surface area (Å²) in [5.74, 6) is -0.686. The van der Waals surface area contributed by atoms with Crippen molar-refractivity contribution < 1.29 is 27.5 Å². The number of allylic oxidation sites excluding steroid dienone is 2. The molecule has 0 fully saturated rings. The van der Waals surface area contributed by atoms with Crippen LogP contribution in [0.15, 0.2) is 52.6 Å². The Morgan fingerprint density at radius 1 is 1.28 bits per heavy atom. The maximum Gasteiger partial charge on any atom is 0.342 e. The molecule has 0 aromatic heterocycles. The maximum atomic E-state index is 12.4. The van der Waals surface area contributed by atoms with E-state index in [9.17, 15) is 18.0 Å². The van der Waals surface area contributed by atoms with Gasteiger partial charge >= 0.3 is 5.97 Å². The van der Waals surface area contributed by atoms with Crippen LogP contribution in [0.5, 0.6) is 5.75 Å². The van der Waals surface area contributed by atoms with E-state index in [1.54, 1.807) is 37.4 Å². The lowest BCUT2D eigenvalue weighted by molar-refractivity contribution is -0.148. The summed E-state index contributed by atoms with van der Waals surface area (Å²) in [5.41, 5.74) is 0.811. The van der Waals surface area contributed by atoms with Crippen molar-refractivity contribution in [2.75, 3.05) is 33.1 Å². The number of hydrogen-bond acceptors (Lipinski definition) is 7. The SMILES string of the molecule is COc1ccccc1CN(C)C(=O)COC(=O)C1=CC=CN2CCS(=O)(=O)N=C12. The number of ether oxygens (including phenoxy) is 2. The van der Waals surface area contributed by atoms with Crippen molar-refractivity contribution in [3.05, 3.63) is 53.8 Å². The molecule has 0 aliphatic carbocycles. The largest absolute Gasteiger partial charge is 0.496 e. The average Bonchev–Trinajstić information content (AvgIpc) is 2.71. The Bertz CT molecular complexity index is 1010. The highest BCUT2D eigenvalue weighted by Crippen LogP contribution is 2.20. The zero-order chi connectivity index (χ0) is 21.0. The Kier molecular flexibility index (Phi) is 6.02. The van der Waals surface area contributed by atoms with Gasteiger partial charge in [-0.2, -0.15) is 0 Å². The van der Waals surface area contributed by atoms with Crippen LogP contribution in [0.2, 0.25) is 0 Å². The molecule has 154 valence electrons. The minimum Gasteiger partial charge on any atom is -0.496 e. The number of amides is 1. The number of rotatable bonds is 6. The van der Waals surface area contributed by atoms with Gasteiger partial charge < -0.3 is 19.3 Å². The fraction of sp³-hybridized carbons (Fsp3) is 0.316. The number of carbonyl (C=O) groups excluding carboxylic acids is 2. The summed E-state index contributed by atoms with van der Waals surface area (Å²) in [6, 6.07) is 7.30. The lowest BCUT2D eigenvalue weighted by Gasteiger charge is -2.28. The van der Waals surface area contributed by atoms with Crippen molar-refractivity contribution in [2.45, 2.75) is 6.54 Å². The van der Waals surface area contributed by atoms with Crippen LogP contribution >= 0.6 is 0 Å². The van der Waals surface area contributed by atoms with E-state index < -0.39 is 28.5 Å². The number of hydrogen-bond donors (Lipinski definition) is 0. The van der Waals surface area contributed by atoms with Gasteiger partial charge in [0.2, 0.25) is 0 Å². The lowest BCUT2D eigenvalue weighted by atomic mass is 10.1. The van der Waals surface area contributed by atoms with Crippen molar-refractivity contribution in [1.29, 1.82) is 0 Å². The number of esters is 1. The van der Waals surface area contributed by atoms with E-state index in [-0.39, 0.29) is 30.3 Å². The summed E-state index contributed by atoms with van der Waals surface area (Å²) in [7, 11) is -0.493.